The van der Waals surface area contributed by atoms with Gasteiger partial charge >= 0.3 is 0 Å². The maximum Gasteiger partial charge on any atom is 0.255 e. The molecule has 9 heteroatoms. The fraction of sp³-hybridized carbons (Fsp3) is 0.419. The van der Waals surface area contributed by atoms with Crippen LogP contribution in [0.3, 0.4) is 0 Å². The van der Waals surface area contributed by atoms with Crippen molar-refractivity contribution < 1.29 is 9.18 Å². The average Bonchev–Trinajstić information content (AvgIpc) is 3.13. The number of aromatic nitrogens is 4. The Balaban J connectivity index is 1.36. The van der Waals surface area contributed by atoms with Crippen molar-refractivity contribution in [3.05, 3.63) is 76.5 Å². The quantitative estimate of drug-likeness (QED) is 0.283. The Hall–Kier alpha value is -3.52. The molecular weight excluding hydrogens is 527 g/mol. The van der Waals surface area contributed by atoms with Gasteiger partial charge in [-0.05, 0) is 55.7 Å². The molecule has 0 unspecified atom stereocenters. The van der Waals surface area contributed by atoms with Crippen molar-refractivity contribution in [2.75, 3.05) is 31.1 Å². The molecule has 1 aliphatic carbocycles. The Morgan fingerprint density at radius 3 is 2.50 bits per heavy atom. The summed E-state index contributed by atoms with van der Waals surface area (Å²) in [5.41, 5.74) is 2.87. The molecule has 40 heavy (non-hydrogen) atoms. The summed E-state index contributed by atoms with van der Waals surface area (Å²) in [7, 11) is 0. The summed E-state index contributed by atoms with van der Waals surface area (Å²) in [5, 5.41) is 6.21. The van der Waals surface area contributed by atoms with Gasteiger partial charge in [-0.2, -0.15) is 5.10 Å². The standard InChI is InChI=1S/C31H34ClFN6O/c1-21-28-29(37-16-7-17-38(19-18-37)31(40)25-10-5-6-11-26(25)32)34-27(20-22-8-3-2-4-9-22)35-30(28)39(36-21)24-14-12-23(33)13-15-24/h5-6,10-15,22H,2-4,7-9,16-20H2,1H3. The van der Waals surface area contributed by atoms with E-state index in [1.165, 1.54) is 44.2 Å². The molecule has 0 bridgehead atoms. The molecular formula is C31H34ClFN6O. The summed E-state index contributed by atoms with van der Waals surface area (Å²) in [5.74, 6) is 1.94. The molecule has 2 aromatic carbocycles. The normalized spacial score (nSPS) is 16.9. The molecule has 2 fully saturated rings. The Morgan fingerprint density at radius 2 is 1.73 bits per heavy atom. The highest BCUT2D eigenvalue weighted by molar-refractivity contribution is 6.33. The summed E-state index contributed by atoms with van der Waals surface area (Å²) in [6, 6.07) is 13.6. The van der Waals surface area contributed by atoms with E-state index >= 15 is 0 Å². The predicted molar refractivity (Wildman–Crippen MR) is 156 cm³/mol. The van der Waals surface area contributed by atoms with E-state index in [1.807, 2.05) is 28.6 Å². The number of hydrogen-bond donors (Lipinski definition) is 0. The lowest BCUT2D eigenvalue weighted by Crippen LogP contribution is -2.35. The van der Waals surface area contributed by atoms with Crippen molar-refractivity contribution in [2.24, 2.45) is 5.92 Å². The number of fused-ring (bicyclic) bond motifs is 1. The molecule has 2 aromatic heterocycles. The highest BCUT2D eigenvalue weighted by atomic mass is 35.5. The molecule has 0 atom stereocenters. The minimum atomic E-state index is -0.286. The van der Waals surface area contributed by atoms with Crippen LogP contribution >= 0.6 is 11.6 Å². The Labute approximate surface area is 239 Å². The van der Waals surface area contributed by atoms with Crippen molar-refractivity contribution in [1.82, 2.24) is 24.6 Å². The number of carbonyl (C=O) groups excluding carboxylic acids is 1. The van der Waals surface area contributed by atoms with E-state index in [1.54, 1.807) is 24.3 Å². The van der Waals surface area contributed by atoms with Gasteiger partial charge in [-0.25, -0.2) is 19.0 Å². The molecule has 0 spiro atoms. The van der Waals surface area contributed by atoms with Crippen LogP contribution in [0.1, 0.15) is 60.4 Å². The fourth-order valence-corrected chi connectivity index (χ4v) is 6.29. The molecule has 1 aliphatic heterocycles. The van der Waals surface area contributed by atoms with Gasteiger partial charge in [0.1, 0.15) is 17.5 Å². The van der Waals surface area contributed by atoms with Gasteiger partial charge in [-0.1, -0.05) is 55.8 Å². The topological polar surface area (TPSA) is 67.2 Å². The third kappa shape index (κ3) is 5.42. The van der Waals surface area contributed by atoms with E-state index in [4.69, 9.17) is 26.7 Å². The van der Waals surface area contributed by atoms with Crippen LogP contribution < -0.4 is 4.90 Å². The van der Waals surface area contributed by atoms with E-state index in [-0.39, 0.29) is 11.7 Å². The largest absolute Gasteiger partial charge is 0.354 e. The number of rotatable bonds is 5. The molecule has 3 heterocycles. The maximum atomic E-state index is 13.7. The van der Waals surface area contributed by atoms with Gasteiger partial charge in [0.25, 0.3) is 5.91 Å². The maximum absolute atomic E-state index is 13.7. The number of aryl methyl sites for hydroxylation is 1. The highest BCUT2D eigenvalue weighted by Gasteiger charge is 2.27. The summed E-state index contributed by atoms with van der Waals surface area (Å²) >= 11 is 6.34. The van der Waals surface area contributed by atoms with Crippen LogP contribution in [0.2, 0.25) is 5.02 Å². The second-order valence-electron chi connectivity index (χ2n) is 11.0. The van der Waals surface area contributed by atoms with Crippen molar-refractivity contribution >= 4 is 34.4 Å². The Morgan fingerprint density at radius 1 is 0.950 bits per heavy atom. The third-order valence-electron chi connectivity index (χ3n) is 8.18. The van der Waals surface area contributed by atoms with Crippen LogP contribution in [0.4, 0.5) is 10.2 Å². The molecule has 2 aliphatic rings. The zero-order valence-corrected chi connectivity index (χ0v) is 23.6. The predicted octanol–water partition coefficient (Wildman–Crippen LogP) is 6.39. The number of halogens is 2. The van der Waals surface area contributed by atoms with Gasteiger partial charge in [0, 0.05) is 32.6 Å². The van der Waals surface area contributed by atoms with Gasteiger partial charge in [-0.15, -0.1) is 0 Å². The van der Waals surface area contributed by atoms with Crippen molar-refractivity contribution in [3.63, 3.8) is 0 Å². The molecule has 7 nitrogen and oxygen atoms in total. The molecule has 208 valence electrons. The minimum Gasteiger partial charge on any atom is -0.354 e. The zero-order chi connectivity index (χ0) is 27.6. The number of carbonyl (C=O) groups is 1. The first-order valence-electron chi connectivity index (χ1n) is 14.3. The minimum absolute atomic E-state index is 0.0430. The molecule has 6 rings (SSSR count). The summed E-state index contributed by atoms with van der Waals surface area (Å²) in [6.07, 6.45) is 7.87. The van der Waals surface area contributed by atoms with Gasteiger partial charge < -0.3 is 9.80 Å². The Bertz CT molecular complexity index is 1510. The number of nitrogens with zero attached hydrogens (tertiary/aromatic N) is 6. The molecule has 1 amide bonds. The summed E-state index contributed by atoms with van der Waals surface area (Å²) in [4.78, 5) is 27.7. The number of anilines is 1. The molecule has 0 radical (unpaired) electrons. The lowest BCUT2D eigenvalue weighted by molar-refractivity contribution is 0.0767. The SMILES string of the molecule is Cc1nn(-c2ccc(F)cc2)c2nc(CC3CCCCC3)nc(N3CCCN(C(=O)c4ccccc4Cl)CC3)c12. The monoisotopic (exact) mass is 560 g/mol. The van der Waals surface area contributed by atoms with E-state index in [0.717, 1.165) is 53.4 Å². The fourth-order valence-electron chi connectivity index (χ4n) is 6.07. The number of hydrogen-bond acceptors (Lipinski definition) is 5. The first-order valence-corrected chi connectivity index (χ1v) is 14.7. The smallest absolute Gasteiger partial charge is 0.255 e. The second-order valence-corrected chi connectivity index (χ2v) is 11.4. The van der Waals surface area contributed by atoms with E-state index in [9.17, 15) is 9.18 Å². The molecule has 1 saturated carbocycles. The number of benzene rings is 2. The summed E-state index contributed by atoms with van der Waals surface area (Å²) in [6.45, 7) is 4.60. The van der Waals surface area contributed by atoms with Crippen LogP contribution in [0.25, 0.3) is 16.7 Å². The third-order valence-corrected chi connectivity index (χ3v) is 8.51. The summed E-state index contributed by atoms with van der Waals surface area (Å²) < 4.78 is 15.5. The van der Waals surface area contributed by atoms with Gasteiger partial charge in [0.2, 0.25) is 0 Å². The van der Waals surface area contributed by atoms with Crippen LogP contribution in [0.5, 0.6) is 0 Å². The average molecular weight is 561 g/mol. The van der Waals surface area contributed by atoms with Crippen LogP contribution in [-0.2, 0) is 6.42 Å². The van der Waals surface area contributed by atoms with Gasteiger partial charge in [0.05, 0.1) is 27.4 Å². The van der Waals surface area contributed by atoms with Crippen molar-refractivity contribution in [2.45, 2.75) is 51.9 Å². The van der Waals surface area contributed by atoms with E-state index < -0.39 is 0 Å². The van der Waals surface area contributed by atoms with Crippen molar-refractivity contribution in [1.29, 1.82) is 0 Å². The highest BCUT2D eigenvalue weighted by Crippen LogP contribution is 2.32. The second kappa shape index (κ2) is 11.5. The first-order chi connectivity index (χ1) is 19.5. The molecule has 0 N–H and O–H groups in total. The lowest BCUT2D eigenvalue weighted by Gasteiger charge is -2.25. The van der Waals surface area contributed by atoms with Crippen LogP contribution in [0.15, 0.2) is 48.5 Å². The first kappa shape index (κ1) is 26.7. The zero-order valence-electron chi connectivity index (χ0n) is 22.8. The van der Waals surface area contributed by atoms with Crippen LogP contribution in [0, 0.1) is 18.7 Å². The number of amides is 1. The van der Waals surface area contributed by atoms with Gasteiger partial charge in [0.15, 0.2) is 5.65 Å². The van der Waals surface area contributed by atoms with E-state index in [2.05, 4.69) is 4.90 Å². The lowest BCUT2D eigenvalue weighted by atomic mass is 9.87. The molecule has 1 saturated heterocycles. The van der Waals surface area contributed by atoms with E-state index in [0.29, 0.717) is 36.1 Å². The van der Waals surface area contributed by atoms with Crippen LogP contribution in [-0.4, -0.2) is 56.7 Å². The van der Waals surface area contributed by atoms with Gasteiger partial charge in [-0.3, -0.25) is 4.79 Å². The Kier molecular flexibility index (Phi) is 7.69. The van der Waals surface area contributed by atoms with Crippen molar-refractivity contribution in [3.8, 4) is 5.69 Å². The molecule has 4 aromatic rings.